The zero-order valence-corrected chi connectivity index (χ0v) is 14.9. The molecular formula is C19H24N4O2. The van der Waals surface area contributed by atoms with Crippen molar-refractivity contribution in [3.63, 3.8) is 0 Å². The quantitative estimate of drug-likeness (QED) is 0.807. The fourth-order valence-electron chi connectivity index (χ4n) is 2.30. The number of hydrogen-bond donors (Lipinski definition) is 2. The van der Waals surface area contributed by atoms with Crippen molar-refractivity contribution in [3.8, 4) is 0 Å². The number of benzene rings is 1. The minimum absolute atomic E-state index is 0.0211. The Balaban J connectivity index is 1.98. The number of anilines is 3. The first kappa shape index (κ1) is 18.4. The highest BCUT2D eigenvalue weighted by Crippen LogP contribution is 2.18. The van der Waals surface area contributed by atoms with Gasteiger partial charge in [0.1, 0.15) is 5.82 Å². The maximum absolute atomic E-state index is 12.3. The SMILES string of the molecule is CCCCN(C)C(=O)c1ccc(Nc2ccc(NC(C)=O)cc2)nc1. The van der Waals surface area contributed by atoms with Gasteiger partial charge in [0.25, 0.3) is 5.91 Å². The van der Waals surface area contributed by atoms with Crippen molar-refractivity contribution >= 4 is 29.0 Å². The average molecular weight is 340 g/mol. The molecule has 2 N–H and O–H groups in total. The smallest absolute Gasteiger partial charge is 0.255 e. The van der Waals surface area contributed by atoms with Crippen LogP contribution in [0, 0.1) is 0 Å². The molecule has 1 heterocycles. The molecule has 0 saturated heterocycles. The van der Waals surface area contributed by atoms with Crippen molar-refractivity contribution < 1.29 is 9.59 Å². The molecule has 0 unspecified atom stereocenters. The van der Waals surface area contributed by atoms with Gasteiger partial charge in [-0.25, -0.2) is 4.98 Å². The van der Waals surface area contributed by atoms with Crippen LogP contribution in [0.3, 0.4) is 0 Å². The second-order valence-electron chi connectivity index (χ2n) is 5.90. The molecule has 0 atom stereocenters. The van der Waals surface area contributed by atoms with Crippen LogP contribution in [0.5, 0.6) is 0 Å². The van der Waals surface area contributed by atoms with Gasteiger partial charge in [0.15, 0.2) is 0 Å². The second kappa shape index (κ2) is 8.82. The van der Waals surface area contributed by atoms with Gasteiger partial charge in [-0.3, -0.25) is 9.59 Å². The van der Waals surface area contributed by atoms with E-state index in [1.807, 2.05) is 24.3 Å². The van der Waals surface area contributed by atoms with Crippen molar-refractivity contribution in [2.24, 2.45) is 0 Å². The summed E-state index contributed by atoms with van der Waals surface area (Å²) in [5.41, 5.74) is 2.16. The molecule has 0 aliphatic heterocycles. The molecule has 2 aromatic rings. The van der Waals surface area contributed by atoms with Crippen LogP contribution in [0.4, 0.5) is 17.2 Å². The zero-order chi connectivity index (χ0) is 18.2. The van der Waals surface area contributed by atoms with Gasteiger partial charge in [0.2, 0.25) is 5.91 Å². The third kappa shape index (κ3) is 5.60. The van der Waals surface area contributed by atoms with Gasteiger partial charge in [-0.05, 0) is 42.8 Å². The highest BCUT2D eigenvalue weighted by molar-refractivity contribution is 5.94. The average Bonchev–Trinajstić information content (AvgIpc) is 2.61. The van der Waals surface area contributed by atoms with Crippen LogP contribution in [-0.4, -0.2) is 35.3 Å². The van der Waals surface area contributed by atoms with Crippen molar-refractivity contribution in [1.82, 2.24) is 9.88 Å². The summed E-state index contributed by atoms with van der Waals surface area (Å²) in [7, 11) is 1.81. The van der Waals surface area contributed by atoms with Gasteiger partial charge >= 0.3 is 0 Å². The fraction of sp³-hybridized carbons (Fsp3) is 0.316. The topological polar surface area (TPSA) is 74.3 Å². The van der Waals surface area contributed by atoms with Crippen molar-refractivity contribution in [1.29, 1.82) is 0 Å². The lowest BCUT2D eigenvalue weighted by Crippen LogP contribution is -2.27. The minimum Gasteiger partial charge on any atom is -0.342 e. The molecule has 0 radical (unpaired) electrons. The number of nitrogens with zero attached hydrogens (tertiary/aromatic N) is 2. The number of aromatic nitrogens is 1. The van der Waals surface area contributed by atoms with Gasteiger partial charge in [0, 0.05) is 38.1 Å². The Morgan fingerprint density at radius 1 is 1.08 bits per heavy atom. The summed E-state index contributed by atoms with van der Waals surface area (Å²) in [5, 5.41) is 5.88. The molecule has 6 heteroatoms. The Morgan fingerprint density at radius 2 is 1.76 bits per heavy atom. The number of rotatable bonds is 7. The van der Waals surface area contributed by atoms with E-state index in [0.29, 0.717) is 11.4 Å². The highest BCUT2D eigenvalue weighted by Gasteiger charge is 2.11. The molecule has 0 bridgehead atoms. The molecule has 132 valence electrons. The van der Waals surface area contributed by atoms with Crippen LogP contribution in [0.1, 0.15) is 37.0 Å². The maximum Gasteiger partial charge on any atom is 0.255 e. The van der Waals surface area contributed by atoms with Crippen LogP contribution >= 0.6 is 0 Å². The molecule has 2 amide bonds. The van der Waals surface area contributed by atoms with Crippen LogP contribution in [0.15, 0.2) is 42.6 Å². The summed E-state index contributed by atoms with van der Waals surface area (Å²) >= 11 is 0. The molecule has 25 heavy (non-hydrogen) atoms. The lowest BCUT2D eigenvalue weighted by molar-refractivity contribution is -0.114. The van der Waals surface area contributed by atoms with Crippen LogP contribution in [0.25, 0.3) is 0 Å². The first-order valence-electron chi connectivity index (χ1n) is 8.35. The van der Waals surface area contributed by atoms with Crippen molar-refractivity contribution in [2.75, 3.05) is 24.2 Å². The summed E-state index contributed by atoms with van der Waals surface area (Å²) < 4.78 is 0. The first-order valence-corrected chi connectivity index (χ1v) is 8.35. The number of pyridine rings is 1. The van der Waals surface area contributed by atoms with E-state index in [-0.39, 0.29) is 11.8 Å². The fourth-order valence-corrected chi connectivity index (χ4v) is 2.30. The minimum atomic E-state index is -0.105. The van der Waals surface area contributed by atoms with Gasteiger partial charge in [0.05, 0.1) is 5.56 Å². The van der Waals surface area contributed by atoms with E-state index in [4.69, 9.17) is 0 Å². The Hall–Kier alpha value is -2.89. The molecule has 0 aliphatic carbocycles. The molecule has 1 aromatic heterocycles. The largest absolute Gasteiger partial charge is 0.342 e. The standard InChI is InChI=1S/C19H24N4O2/c1-4-5-12-23(3)19(25)15-6-11-18(20-13-15)22-17-9-7-16(8-10-17)21-14(2)24/h6-11,13H,4-5,12H2,1-3H3,(H,20,22)(H,21,24). The maximum atomic E-state index is 12.3. The highest BCUT2D eigenvalue weighted by atomic mass is 16.2. The van der Waals surface area contributed by atoms with Crippen molar-refractivity contribution in [2.45, 2.75) is 26.7 Å². The first-order chi connectivity index (χ1) is 12.0. The van der Waals surface area contributed by atoms with Crippen LogP contribution in [-0.2, 0) is 4.79 Å². The summed E-state index contributed by atoms with van der Waals surface area (Å²) in [4.78, 5) is 29.3. The van der Waals surface area contributed by atoms with E-state index >= 15 is 0 Å². The molecule has 1 aromatic carbocycles. The van der Waals surface area contributed by atoms with Gasteiger partial charge < -0.3 is 15.5 Å². The molecule has 0 fully saturated rings. The summed E-state index contributed by atoms with van der Waals surface area (Å²) in [6.45, 7) is 4.32. The number of nitrogens with one attached hydrogen (secondary N) is 2. The molecule has 2 rings (SSSR count). The number of carbonyl (C=O) groups is 2. The Kier molecular flexibility index (Phi) is 6.51. The summed E-state index contributed by atoms with van der Waals surface area (Å²) in [6.07, 6.45) is 3.63. The lowest BCUT2D eigenvalue weighted by atomic mass is 10.2. The Bertz CT molecular complexity index is 711. The monoisotopic (exact) mass is 340 g/mol. The summed E-state index contributed by atoms with van der Waals surface area (Å²) in [5.74, 6) is 0.527. The number of unbranched alkanes of at least 4 members (excludes halogenated alkanes) is 1. The molecule has 6 nitrogen and oxygen atoms in total. The zero-order valence-electron chi connectivity index (χ0n) is 14.9. The van der Waals surface area contributed by atoms with Crippen LogP contribution in [0.2, 0.25) is 0 Å². The lowest BCUT2D eigenvalue weighted by Gasteiger charge is -2.16. The third-order valence-corrected chi connectivity index (χ3v) is 3.68. The predicted molar refractivity (Wildman–Crippen MR) is 100 cm³/mol. The van der Waals surface area contributed by atoms with Gasteiger partial charge in [-0.2, -0.15) is 0 Å². The van der Waals surface area contributed by atoms with E-state index in [9.17, 15) is 9.59 Å². The second-order valence-corrected chi connectivity index (χ2v) is 5.90. The van der Waals surface area contributed by atoms with Gasteiger partial charge in [-0.15, -0.1) is 0 Å². The Morgan fingerprint density at radius 3 is 2.32 bits per heavy atom. The molecule has 0 saturated carbocycles. The molecular weight excluding hydrogens is 316 g/mol. The normalized spacial score (nSPS) is 10.2. The van der Waals surface area contributed by atoms with Gasteiger partial charge in [-0.1, -0.05) is 13.3 Å². The van der Waals surface area contributed by atoms with Crippen molar-refractivity contribution in [3.05, 3.63) is 48.2 Å². The number of amides is 2. The van der Waals surface area contributed by atoms with E-state index in [1.54, 1.807) is 30.3 Å². The van der Waals surface area contributed by atoms with E-state index in [1.165, 1.54) is 6.92 Å². The van der Waals surface area contributed by atoms with E-state index in [0.717, 1.165) is 30.8 Å². The van der Waals surface area contributed by atoms with Crippen LogP contribution < -0.4 is 10.6 Å². The molecule has 0 spiro atoms. The Labute approximate surface area is 148 Å². The van der Waals surface area contributed by atoms with E-state index in [2.05, 4.69) is 22.5 Å². The number of hydrogen-bond acceptors (Lipinski definition) is 4. The summed E-state index contributed by atoms with van der Waals surface area (Å²) in [6, 6.07) is 10.9. The van der Waals surface area contributed by atoms with E-state index < -0.39 is 0 Å². The number of carbonyl (C=O) groups excluding carboxylic acids is 2. The predicted octanol–water partition coefficient (Wildman–Crippen LogP) is 3.66. The third-order valence-electron chi connectivity index (χ3n) is 3.68. The molecule has 0 aliphatic rings.